The minimum absolute atomic E-state index is 0.0238. The van der Waals surface area contributed by atoms with E-state index < -0.39 is 12.5 Å². The molecule has 25 heavy (non-hydrogen) atoms. The van der Waals surface area contributed by atoms with E-state index in [-0.39, 0.29) is 18.1 Å². The van der Waals surface area contributed by atoms with E-state index in [4.69, 9.17) is 0 Å². The number of carbonyl (C=O) groups is 1. The summed E-state index contributed by atoms with van der Waals surface area (Å²) >= 11 is 0. The first kappa shape index (κ1) is 18.6. The van der Waals surface area contributed by atoms with Crippen molar-refractivity contribution in [2.45, 2.75) is 20.1 Å². The summed E-state index contributed by atoms with van der Waals surface area (Å²) in [5.74, 6) is -0.771. The minimum Gasteiger partial charge on any atom is -0.435 e. The lowest BCUT2D eigenvalue weighted by Crippen LogP contribution is -2.23. The third-order valence-corrected chi connectivity index (χ3v) is 3.69. The molecule has 1 N–H and O–H groups in total. The van der Waals surface area contributed by atoms with Crippen LogP contribution in [0, 0.1) is 5.82 Å². The van der Waals surface area contributed by atoms with E-state index in [0.29, 0.717) is 23.4 Å². The highest BCUT2D eigenvalue weighted by molar-refractivity contribution is 5.94. The van der Waals surface area contributed by atoms with Crippen LogP contribution >= 0.6 is 0 Å². The summed E-state index contributed by atoms with van der Waals surface area (Å²) in [7, 11) is 1.79. The quantitative estimate of drug-likeness (QED) is 0.824. The van der Waals surface area contributed by atoms with Crippen molar-refractivity contribution in [1.29, 1.82) is 0 Å². The fraction of sp³-hybridized carbons (Fsp3) is 0.278. The number of alkyl halides is 2. The molecule has 0 fully saturated rings. The van der Waals surface area contributed by atoms with Crippen LogP contribution in [0.2, 0.25) is 0 Å². The van der Waals surface area contributed by atoms with Gasteiger partial charge in [-0.25, -0.2) is 4.39 Å². The SMILES string of the molecule is CCN(C)c1ccc(CNC(=O)c2ccc(OC(F)F)cc2)cc1F. The van der Waals surface area contributed by atoms with Crippen molar-refractivity contribution in [3.05, 3.63) is 59.4 Å². The Balaban J connectivity index is 1.96. The molecule has 134 valence electrons. The fourth-order valence-electron chi connectivity index (χ4n) is 2.21. The Bertz CT molecular complexity index is 721. The van der Waals surface area contributed by atoms with Crippen LogP contribution in [0.3, 0.4) is 0 Å². The van der Waals surface area contributed by atoms with E-state index in [1.807, 2.05) is 6.92 Å². The van der Waals surface area contributed by atoms with E-state index in [1.165, 1.54) is 30.3 Å². The second kappa shape index (κ2) is 8.41. The highest BCUT2D eigenvalue weighted by atomic mass is 19.3. The maximum absolute atomic E-state index is 14.1. The smallest absolute Gasteiger partial charge is 0.387 e. The van der Waals surface area contributed by atoms with E-state index in [1.54, 1.807) is 24.1 Å². The van der Waals surface area contributed by atoms with Crippen LogP contribution in [0.5, 0.6) is 5.75 Å². The van der Waals surface area contributed by atoms with Crippen molar-refractivity contribution in [2.75, 3.05) is 18.5 Å². The number of anilines is 1. The van der Waals surface area contributed by atoms with Gasteiger partial charge in [0, 0.05) is 25.7 Å². The maximum Gasteiger partial charge on any atom is 0.387 e. The van der Waals surface area contributed by atoms with E-state index in [0.717, 1.165) is 0 Å². The van der Waals surface area contributed by atoms with Crippen LogP contribution in [0.1, 0.15) is 22.8 Å². The van der Waals surface area contributed by atoms with Gasteiger partial charge in [0.1, 0.15) is 11.6 Å². The topological polar surface area (TPSA) is 41.6 Å². The number of ether oxygens (including phenoxy) is 1. The normalized spacial score (nSPS) is 10.6. The van der Waals surface area contributed by atoms with Gasteiger partial charge in [0.2, 0.25) is 0 Å². The zero-order valence-corrected chi connectivity index (χ0v) is 13.9. The zero-order valence-electron chi connectivity index (χ0n) is 13.9. The molecule has 7 heteroatoms. The lowest BCUT2D eigenvalue weighted by molar-refractivity contribution is -0.0498. The van der Waals surface area contributed by atoms with Gasteiger partial charge in [-0.05, 0) is 48.9 Å². The van der Waals surface area contributed by atoms with E-state index in [9.17, 15) is 18.0 Å². The molecule has 0 saturated carbocycles. The van der Waals surface area contributed by atoms with Crippen LogP contribution in [-0.4, -0.2) is 26.1 Å². The van der Waals surface area contributed by atoms with Crippen LogP contribution in [0.25, 0.3) is 0 Å². The molecular weight excluding hydrogens is 333 g/mol. The Morgan fingerprint density at radius 1 is 1.20 bits per heavy atom. The molecule has 0 spiro atoms. The number of rotatable bonds is 7. The van der Waals surface area contributed by atoms with Crippen molar-refractivity contribution in [1.82, 2.24) is 5.32 Å². The number of benzene rings is 2. The third-order valence-electron chi connectivity index (χ3n) is 3.69. The molecule has 0 bridgehead atoms. The molecule has 4 nitrogen and oxygen atoms in total. The molecule has 2 rings (SSSR count). The van der Waals surface area contributed by atoms with Crippen LogP contribution in [-0.2, 0) is 6.54 Å². The average molecular weight is 352 g/mol. The van der Waals surface area contributed by atoms with Gasteiger partial charge < -0.3 is 15.0 Å². The number of amides is 1. The molecule has 0 radical (unpaired) electrons. The standard InChI is InChI=1S/C18H19F3N2O2/c1-3-23(2)16-9-4-12(10-15(16)19)11-22-17(24)13-5-7-14(8-6-13)25-18(20)21/h4-10,18H,3,11H2,1-2H3,(H,22,24). The first-order chi connectivity index (χ1) is 11.9. The molecule has 0 aromatic heterocycles. The zero-order chi connectivity index (χ0) is 18.4. The predicted octanol–water partition coefficient (Wildman–Crippen LogP) is 3.81. The van der Waals surface area contributed by atoms with E-state index in [2.05, 4.69) is 10.1 Å². The first-order valence-corrected chi connectivity index (χ1v) is 7.73. The Labute approximate surface area is 144 Å². The Kier molecular flexibility index (Phi) is 6.27. The molecule has 0 aliphatic heterocycles. The monoisotopic (exact) mass is 352 g/mol. The summed E-state index contributed by atoms with van der Waals surface area (Å²) in [6, 6.07) is 10.1. The van der Waals surface area contributed by atoms with Gasteiger partial charge in [-0.3, -0.25) is 4.79 Å². The van der Waals surface area contributed by atoms with Crippen LogP contribution < -0.4 is 15.0 Å². The number of nitrogens with zero attached hydrogens (tertiary/aromatic N) is 1. The van der Waals surface area contributed by atoms with Crippen LogP contribution in [0.15, 0.2) is 42.5 Å². The highest BCUT2D eigenvalue weighted by Crippen LogP contribution is 2.19. The highest BCUT2D eigenvalue weighted by Gasteiger charge is 2.10. The summed E-state index contributed by atoms with van der Waals surface area (Å²) in [6.45, 7) is -0.158. The number of nitrogens with one attached hydrogen (secondary N) is 1. The molecule has 0 aliphatic carbocycles. The number of carbonyl (C=O) groups excluding carboxylic acids is 1. The predicted molar refractivity (Wildman–Crippen MR) is 89.6 cm³/mol. The minimum atomic E-state index is -2.91. The molecule has 1 amide bonds. The third kappa shape index (κ3) is 5.14. The largest absolute Gasteiger partial charge is 0.435 e. The fourth-order valence-corrected chi connectivity index (χ4v) is 2.21. The molecule has 0 heterocycles. The van der Waals surface area contributed by atoms with Gasteiger partial charge in [0.15, 0.2) is 0 Å². The number of hydrogen-bond donors (Lipinski definition) is 1. The summed E-state index contributed by atoms with van der Waals surface area (Å²) in [5, 5.41) is 2.66. The van der Waals surface area contributed by atoms with Gasteiger partial charge in [0.25, 0.3) is 5.91 Å². The lowest BCUT2D eigenvalue weighted by Gasteiger charge is -2.18. The van der Waals surface area contributed by atoms with Gasteiger partial charge in [-0.1, -0.05) is 6.07 Å². The summed E-state index contributed by atoms with van der Waals surface area (Å²) in [5.41, 5.74) is 1.41. The Hall–Kier alpha value is -2.70. The van der Waals surface area contributed by atoms with Gasteiger partial charge in [-0.2, -0.15) is 8.78 Å². The van der Waals surface area contributed by atoms with Gasteiger partial charge in [0.05, 0.1) is 5.69 Å². The van der Waals surface area contributed by atoms with E-state index >= 15 is 0 Å². The Morgan fingerprint density at radius 3 is 2.44 bits per heavy atom. The molecule has 0 unspecified atom stereocenters. The van der Waals surface area contributed by atoms with Gasteiger partial charge >= 0.3 is 6.61 Å². The van der Waals surface area contributed by atoms with Crippen molar-refractivity contribution < 1.29 is 22.7 Å². The molecule has 0 saturated heterocycles. The second-order valence-electron chi connectivity index (χ2n) is 5.39. The summed E-state index contributed by atoms with van der Waals surface area (Å²) < 4.78 is 42.4. The lowest BCUT2D eigenvalue weighted by atomic mass is 10.1. The number of halogens is 3. The van der Waals surface area contributed by atoms with Crippen molar-refractivity contribution in [2.24, 2.45) is 0 Å². The Morgan fingerprint density at radius 2 is 1.88 bits per heavy atom. The molecular formula is C18H19F3N2O2. The second-order valence-corrected chi connectivity index (χ2v) is 5.39. The number of hydrogen-bond acceptors (Lipinski definition) is 3. The first-order valence-electron chi connectivity index (χ1n) is 7.73. The molecule has 0 aliphatic rings. The molecule has 2 aromatic rings. The van der Waals surface area contributed by atoms with Crippen molar-refractivity contribution in [3.63, 3.8) is 0 Å². The average Bonchev–Trinajstić information content (AvgIpc) is 2.59. The summed E-state index contributed by atoms with van der Waals surface area (Å²) in [6.07, 6.45) is 0. The van der Waals surface area contributed by atoms with Gasteiger partial charge in [-0.15, -0.1) is 0 Å². The van der Waals surface area contributed by atoms with Crippen LogP contribution in [0.4, 0.5) is 18.9 Å². The molecule has 0 atom stereocenters. The maximum atomic E-state index is 14.1. The van der Waals surface area contributed by atoms with Crippen molar-refractivity contribution in [3.8, 4) is 5.75 Å². The van der Waals surface area contributed by atoms with Crippen molar-refractivity contribution >= 4 is 11.6 Å². The molecule has 2 aromatic carbocycles. The summed E-state index contributed by atoms with van der Waals surface area (Å²) in [4.78, 5) is 13.8.